The largest absolute Gasteiger partial charge is 0.466 e. The molecule has 0 saturated heterocycles. The van der Waals surface area contributed by atoms with Crippen LogP contribution in [0.25, 0.3) is 0 Å². The van der Waals surface area contributed by atoms with Crippen LogP contribution in [0.1, 0.15) is 208 Å². The maximum Gasteiger partial charge on any atom is 0.311 e. The maximum atomic E-state index is 12.7. The molecule has 6 heteroatoms. The monoisotopic (exact) mass is 682 g/mol. The third kappa shape index (κ3) is 29.7. The van der Waals surface area contributed by atoms with Crippen LogP contribution in [0.15, 0.2) is 0 Å². The second-order valence-corrected chi connectivity index (χ2v) is 15.2. The van der Waals surface area contributed by atoms with E-state index in [-0.39, 0.29) is 18.5 Å². The molecule has 0 atom stereocenters. The van der Waals surface area contributed by atoms with Crippen molar-refractivity contribution < 1.29 is 24.2 Å². The molecule has 0 rings (SSSR count). The SMILES string of the molecule is CCCCCCCCCOC(=O)CCCCCCCN(CCCCO)CCCCCCC(C)(C)C(=O)OCCCCCCC(CC)CC. The van der Waals surface area contributed by atoms with E-state index in [9.17, 15) is 14.7 Å². The van der Waals surface area contributed by atoms with Crippen LogP contribution in [-0.4, -0.2) is 61.4 Å². The fraction of sp³-hybridized carbons (Fsp3) is 0.952. The van der Waals surface area contributed by atoms with E-state index in [1.807, 2.05) is 13.8 Å². The predicted octanol–water partition coefficient (Wildman–Crippen LogP) is 11.6. The lowest BCUT2D eigenvalue weighted by Gasteiger charge is -2.23. The zero-order chi connectivity index (χ0) is 35.6. The Kier molecular flexibility index (Phi) is 33.5. The van der Waals surface area contributed by atoms with Crippen LogP contribution in [0.3, 0.4) is 0 Å². The normalized spacial score (nSPS) is 11.9. The summed E-state index contributed by atoms with van der Waals surface area (Å²) in [5, 5.41) is 9.24. The Morgan fingerprint density at radius 1 is 0.583 bits per heavy atom. The Bertz CT molecular complexity index is 708. The smallest absolute Gasteiger partial charge is 0.311 e. The molecule has 0 radical (unpaired) electrons. The van der Waals surface area contributed by atoms with Gasteiger partial charge in [0.2, 0.25) is 0 Å². The molecule has 0 amide bonds. The predicted molar refractivity (Wildman–Crippen MR) is 204 cm³/mol. The number of hydrogen-bond acceptors (Lipinski definition) is 6. The van der Waals surface area contributed by atoms with Crippen molar-refractivity contribution in [1.29, 1.82) is 0 Å². The molecule has 6 nitrogen and oxygen atoms in total. The number of rotatable bonds is 37. The highest BCUT2D eigenvalue weighted by atomic mass is 16.5. The van der Waals surface area contributed by atoms with Crippen LogP contribution in [0, 0.1) is 11.3 Å². The van der Waals surface area contributed by atoms with E-state index < -0.39 is 5.41 Å². The molecule has 1 N–H and O–H groups in total. The number of ether oxygens (including phenoxy) is 2. The summed E-state index contributed by atoms with van der Waals surface area (Å²) in [6.45, 7) is 15.6. The molecule has 0 spiro atoms. The van der Waals surface area contributed by atoms with Gasteiger partial charge in [-0.1, -0.05) is 136 Å². The van der Waals surface area contributed by atoms with Gasteiger partial charge in [-0.15, -0.1) is 0 Å². The van der Waals surface area contributed by atoms with Crippen molar-refractivity contribution in [1.82, 2.24) is 4.90 Å². The zero-order valence-electron chi connectivity index (χ0n) is 32.9. The van der Waals surface area contributed by atoms with Crippen molar-refractivity contribution in [3.63, 3.8) is 0 Å². The average molecular weight is 682 g/mol. The van der Waals surface area contributed by atoms with Crippen molar-refractivity contribution in [2.24, 2.45) is 11.3 Å². The molecule has 0 fully saturated rings. The third-order valence-electron chi connectivity index (χ3n) is 10.2. The first-order valence-corrected chi connectivity index (χ1v) is 21.0. The molecular formula is C42H83NO5. The summed E-state index contributed by atoms with van der Waals surface area (Å²) in [6.07, 6.45) is 30.8. The van der Waals surface area contributed by atoms with E-state index in [1.165, 1.54) is 103 Å². The van der Waals surface area contributed by atoms with Crippen LogP contribution in [0.5, 0.6) is 0 Å². The highest BCUT2D eigenvalue weighted by molar-refractivity contribution is 5.75. The summed E-state index contributed by atoms with van der Waals surface area (Å²) in [6, 6.07) is 0. The van der Waals surface area contributed by atoms with Gasteiger partial charge in [-0.25, -0.2) is 0 Å². The van der Waals surface area contributed by atoms with Gasteiger partial charge in [0.05, 0.1) is 18.6 Å². The third-order valence-corrected chi connectivity index (χ3v) is 10.2. The van der Waals surface area contributed by atoms with Crippen molar-refractivity contribution in [2.45, 2.75) is 208 Å². The fourth-order valence-electron chi connectivity index (χ4n) is 6.54. The van der Waals surface area contributed by atoms with Crippen LogP contribution in [0.4, 0.5) is 0 Å². The topological polar surface area (TPSA) is 76.1 Å². The highest BCUT2D eigenvalue weighted by Gasteiger charge is 2.28. The first-order chi connectivity index (χ1) is 23.3. The Morgan fingerprint density at radius 3 is 1.65 bits per heavy atom. The summed E-state index contributed by atoms with van der Waals surface area (Å²) >= 11 is 0. The van der Waals surface area contributed by atoms with Gasteiger partial charge >= 0.3 is 11.9 Å². The van der Waals surface area contributed by atoms with Gasteiger partial charge in [0.25, 0.3) is 0 Å². The molecular weight excluding hydrogens is 598 g/mol. The van der Waals surface area contributed by atoms with E-state index in [1.54, 1.807) is 0 Å². The van der Waals surface area contributed by atoms with Gasteiger partial charge in [0.15, 0.2) is 0 Å². The number of unbranched alkanes of at least 4 members (excludes halogenated alkanes) is 17. The summed E-state index contributed by atoms with van der Waals surface area (Å²) < 4.78 is 11.1. The fourth-order valence-corrected chi connectivity index (χ4v) is 6.54. The van der Waals surface area contributed by atoms with Crippen LogP contribution >= 0.6 is 0 Å². The van der Waals surface area contributed by atoms with Gasteiger partial charge < -0.3 is 19.5 Å². The minimum atomic E-state index is -0.403. The molecule has 0 saturated carbocycles. The molecule has 0 aliphatic heterocycles. The number of hydrogen-bond donors (Lipinski definition) is 1. The van der Waals surface area contributed by atoms with Crippen molar-refractivity contribution in [3.8, 4) is 0 Å². The number of nitrogens with zero attached hydrogens (tertiary/aromatic N) is 1. The lowest BCUT2D eigenvalue weighted by molar-refractivity contribution is -0.154. The first kappa shape index (κ1) is 46.9. The van der Waals surface area contributed by atoms with Crippen LogP contribution < -0.4 is 0 Å². The molecule has 0 aromatic carbocycles. The van der Waals surface area contributed by atoms with Gasteiger partial charge in [-0.05, 0) is 90.8 Å². The van der Waals surface area contributed by atoms with Gasteiger partial charge in [-0.2, -0.15) is 0 Å². The lowest BCUT2D eigenvalue weighted by atomic mass is 9.87. The van der Waals surface area contributed by atoms with Gasteiger partial charge in [0.1, 0.15) is 0 Å². The molecule has 0 aromatic rings. The average Bonchev–Trinajstić information content (AvgIpc) is 3.07. The molecule has 0 unspecified atom stereocenters. The standard InChI is InChI=1S/C42H83NO5/c1-6-9-10-11-12-19-28-37-47-40(45)31-22-14-13-17-24-33-43(35-26-27-36-44)34-25-18-16-23-32-42(4,5)41(46)48-38-29-20-15-21-30-39(7-2)8-3/h39,44H,6-38H2,1-5H3. The summed E-state index contributed by atoms with van der Waals surface area (Å²) in [5.41, 5.74) is -0.403. The van der Waals surface area contributed by atoms with E-state index in [0.717, 1.165) is 89.8 Å². The van der Waals surface area contributed by atoms with Crippen LogP contribution in [-0.2, 0) is 19.1 Å². The Morgan fingerprint density at radius 2 is 1.06 bits per heavy atom. The summed E-state index contributed by atoms with van der Waals surface area (Å²) in [4.78, 5) is 27.3. The van der Waals surface area contributed by atoms with Crippen molar-refractivity contribution in [2.75, 3.05) is 39.5 Å². The molecule has 0 aliphatic rings. The van der Waals surface area contributed by atoms with E-state index in [0.29, 0.717) is 19.6 Å². The molecule has 0 heterocycles. The van der Waals surface area contributed by atoms with Crippen LogP contribution in [0.2, 0.25) is 0 Å². The minimum absolute atomic E-state index is 0.0246. The molecule has 0 bridgehead atoms. The first-order valence-electron chi connectivity index (χ1n) is 21.0. The minimum Gasteiger partial charge on any atom is -0.466 e. The summed E-state index contributed by atoms with van der Waals surface area (Å²) in [7, 11) is 0. The Hall–Kier alpha value is -1.14. The Labute approximate surface area is 299 Å². The second kappa shape index (κ2) is 34.3. The second-order valence-electron chi connectivity index (χ2n) is 15.2. The number of carbonyl (C=O) groups is 2. The number of esters is 2. The molecule has 48 heavy (non-hydrogen) atoms. The highest BCUT2D eigenvalue weighted by Crippen LogP contribution is 2.26. The quantitative estimate of drug-likeness (QED) is 0.0519. The lowest BCUT2D eigenvalue weighted by Crippen LogP contribution is -2.28. The number of carbonyl (C=O) groups excluding carboxylic acids is 2. The van der Waals surface area contributed by atoms with E-state index in [4.69, 9.17) is 9.47 Å². The number of aliphatic hydroxyl groups excluding tert-OH is 1. The van der Waals surface area contributed by atoms with E-state index >= 15 is 0 Å². The number of aliphatic hydroxyl groups is 1. The van der Waals surface area contributed by atoms with Gasteiger partial charge in [0, 0.05) is 13.0 Å². The van der Waals surface area contributed by atoms with Crippen molar-refractivity contribution >= 4 is 11.9 Å². The van der Waals surface area contributed by atoms with Gasteiger partial charge in [-0.3, -0.25) is 9.59 Å². The molecule has 0 aliphatic carbocycles. The molecule has 0 aromatic heterocycles. The van der Waals surface area contributed by atoms with Crippen molar-refractivity contribution in [3.05, 3.63) is 0 Å². The maximum absolute atomic E-state index is 12.7. The van der Waals surface area contributed by atoms with E-state index in [2.05, 4.69) is 25.7 Å². The Balaban J connectivity index is 3.95. The zero-order valence-corrected chi connectivity index (χ0v) is 32.9. The summed E-state index contributed by atoms with van der Waals surface area (Å²) in [5.74, 6) is 0.817. The molecule has 286 valence electrons.